The zero-order chi connectivity index (χ0) is 20.4. The first kappa shape index (κ1) is 18.9. The molecule has 0 bridgehead atoms. The molecule has 0 aliphatic carbocycles. The van der Waals surface area contributed by atoms with Crippen molar-refractivity contribution in [2.24, 2.45) is 0 Å². The van der Waals surface area contributed by atoms with Crippen LogP contribution in [0.15, 0.2) is 45.6 Å². The SMILES string of the molecule is COc1cccc2cc(C(=O)N3CCCC(Oc4ccc(C)nn4)C3)c(=O)oc12. The molecule has 1 fully saturated rings. The zero-order valence-corrected chi connectivity index (χ0v) is 16.3. The van der Waals surface area contributed by atoms with Crippen molar-refractivity contribution < 1.29 is 18.7 Å². The van der Waals surface area contributed by atoms with E-state index in [1.807, 2.05) is 13.0 Å². The van der Waals surface area contributed by atoms with Crippen LogP contribution in [-0.4, -0.2) is 47.3 Å². The summed E-state index contributed by atoms with van der Waals surface area (Å²) in [6.07, 6.45) is 1.35. The number of amides is 1. The Labute approximate surface area is 167 Å². The smallest absolute Gasteiger partial charge is 0.349 e. The fourth-order valence-electron chi connectivity index (χ4n) is 3.44. The number of carbonyl (C=O) groups excluding carboxylic acids is 1. The van der Waals surface area contributed by atoms with Crippen LogP contribution in [0.5, 0.6) is 11.6 Å². The number of ether oxygens (including phenoxy) is 2. The predicted octanol–water partition coefficient (Wildman–Crippen LogP) is 2.58. The molecule has 0 N–H and O–H groups in total. The van der Waals surface area contributed by atoms with E-state index in [9.17, 15) is 9.59 Å². The number of hydrogen-bond acceptors (Lipinski definition) is 7. The van der Waals surface area contributed by atoms with Gasteiger partial charge in [-0.1, -0.05) is 12.1 Å². The lowest BCUT2D eigenvalue weighted by atomic mass is 10.1. The minimum Gasteiger partial charge on any atom is -0.493 e. The summed E-state index contributed by atoms with van der Waals surface area (Å²) in [7, 11) is 1.50. The molecule has 1 saturated heterocycles. The van der Waals surface area contributed by atoms with E-state index >= 15 is 0 Å². The Kier molecular flexibility index (Phi) is 5.16. The summed E-state index contributed by atoms with van der Waals surface area (Å²) < 4.78 is 16.5. The van der Waals surface area contributed by atoms with Gasteiger partial charge < -0.3 is 18.8 Å². The highest BCUT2D eigenvalue weighted by Gasteiger charge is 2.28. The molecule has 3 heterocycles. The van der Waals surface area contributed by atoms with Crippen molar-refractivity contribution in [2.75, 3.05) is 20.2 Å². The van der Waals surface area contributed by atoms with Crippen molar-refractivity contribution in [3.63, 3.8) is 0 Å². The Balaban J connectivity index is 1.55. The van der Waals surface area contributed by atoms with Crippen LogP contribution in [0.3, 0.4) is 0 Å². The summed E-state index contributed by atoms with van der Waals surface area (Å²) >= 11 is 0. The lowest BCUT2D eigenvalue weighted by Crippen LogP contribution is -2.45. The van der Waals surface area contributed by atoms with Crippen LogP contribution in [0, 0.1) is 6.92 Å². The van der Waals surface area contributed by atoms with Gasteiger partial charge >= 0.3 is 5.63 Å². The van der Waals surface area contributed by atoms with E-state index in [1.165, 1.54) is 7.11 Å². The van der Waals surface area contributed by atoms with Crippen molar-refractivity contribution in [3.8, 4) is 11.6 Å². The zero-order valence-electron chi connectivity index (χ0n) is 16.3. The molecule has 150 valence electrons. The van der Waals surface area contributed by atoms with Crippen molar-refractivity contribution in [1.29, 1.82) is 0 Å². The van der Waals surface area contributed by atoms with E-state index in [-0.39, 0.29) is 17.6 Å². The highest BCUT2D eigenvalue weighted by atomic mass is 16.5. The molecule has 0 saturated carbocycles. The average Bonchev–Trinajstić information content (AvgIpc) is 2.74. The van der Waals surface area contributed by atoms with E-state index < -0.39 is 5.63 Å². The molecule has 2 aromatic heterocycles. The molecule has 3 aromatic rings. The first-order chi connectivity index (χ1) is 14.0. The number of likely N-dealkylation sites (tertiary alicyclic amines) is 1. The Morgan fingerprint density at radius 2 is 2.10 bits per heavy atom. The van der Waals surface area contributed by atoms with Crippen LogP contribution in [0.1, 0.15) is 28.9 Å². The summed E-state index contributed by atoms with van der Waals surface area (Å²) in [6, 6.07) is 10.4. The summed E-state index contributed by atoms with van der Waals surface area (Å²) in [4.78, 5) is 27.1. The maximum Gasteiger partial charge on any atom is 0.349 e. The minimum absolute atomic E-state index is 0.00142. The number of rotatable bonds is 4. The van der Waals surface area contributed by atoms with Gasteiger partial charge in [0.2, 0.25) is 5.88 Å². The lowest BCUT2D eigenvalue weighted by molar-refractivity contribution is 0.0522. The molecule has 0 radical (unpaired) electrons. The molecular formula is C21H21N3O5. The van der Waals surface area contributed by atoms with Gasteiger partial charge in [-0.25, -0.2) is 4.79 Å². The molecule has 1 amide bonds. The normalized spacial score (nSPS) is 16.6. The first-order valence-electron chi connectivity index (χ1n) is 9.42. The van der Waals surface area contributed by atoms with E-state index in [0.717, 1.165) is 18.5 Å². The number of hydrogen-bond donors (Lipinski definition) is 0. The van der Waals surface area contributed by atoms with Gasteiger partial charge in [0.1, 0.15) is 11.7 Å². The van der Waals surface area contributed by atoms with E-state index in [1.54, 1.807) is 35.2 Å². The molecule has 0 spiro atoms. The van der Waals surface area contributed by atoms with Crippen LogP contribution >= 0.6 is 0 Å². The first-order valence-corrected chi connectivity index (χ1v) is 9.42. The Morgan fingerprint density at radius 1 is 1.24 bits per heavy atom. The summed E-state index contributed by atoms with van der Waals surface area (Å²) in [6.45, 7) is 2.76. The maximum absolute atomic E-state index is 13.0. The molecule has 8 nitrogen and oxygen atoms in total. The fraction of sp³-hybridized carbons (Fsp3) is 0.333. The van der Waals surface area contributed by atoms with Crippen molar-refractivity contribution in [2.45, 2.75) is 25.9 Å². The van der Waals surface area contributed by atoms with Crippen LogP contribution in [0.4, 0.5) is 0 Å². The third kappa shape index (κ3) is 3.91. The van der Waals surface area contributed by atoms with Gasteiger partial charge in [-0.15, -0.1) is 5.10 Å². The number of piperidine rings is 1. The van der Waals surface area contributed by atoms with E-state index in [2.05, 4.69) is 10.2 Å². The molecule has 1 aliphatic heterocycles. The Morgan fingerprint density at radius 3 is 2.86 bits per heavy atom. The highest BCUT2D eigenvalue weighted by Crippen LogP contribution is 2.25. The number of para-hydroxylation sites is 1. The van der Waals surface area contributed by atoms with Crippen LogP contribution in [-0.2, 0) is 0 Å². The Bertz CT molecular complexity index is 1090. The number of benzene rings is 1. The van der Waals surface area contributed by atoms with E-state index in [0.29, 0.717) is 35.7 Å². The average molecular weight is 395 g/mol. The van der Waals surface area contributed by atoms with Crippen LogP contribution in [0.25, 0.3) is 11.0 Å². The van der Waals surface area contributed by atoms with Gasteiger partial charge in [-0.2, -0.15) is 5.10 Å². The predicted molar refractivity (Wildman–Crippen MR) is 105 cm³/mol. The van der Waals surface area contributed by atoms with Crippen molar-refractivity contribution in [3.05, 3.63) is 58.1 Å². The molecule has 1 aromatic carbocycles. The van der Waals surface area contributed by atoms with Crippen molar-refractivity contribution >= 4 is 16.9 Å². The molecule has 1 atom stereocenters. The summed E-state index contributed by atoms with van der Waals surface area (Å²) in [5.74, 6) is 0.503. The molecular weight excluding hydrogens is 374 g/mol. The molecule has 8 heteroatoms. The summed E-state index contributed by atoms with van der Waals surface area (Å²) in [5.41, 5.74) is 0.452. The topological polar surface area (TPSA) is 94.8 Å². The molecule has 1 aliphatic rings. The molecule has 4 rings (SSSR count). The molecule has 1 unspecified atom stereocenters. The largest absolute Gasteiger partial charge is 0.493 e. The van der Waals surface area contributed by atoms with Gasteiger partial charge in [0.15, 0.2) is 11.3 Å². The van der Waals surface area contributed by atoms with Gasteiger partial charge in [-0.05, 0) is 38.0 Å². The van der Waals surface area contributed by atoms with Gasteiger partial charge in [0.05, 0.1) is 19.3 Å². The third-order valence-corrected chi connectivity index (χ3v) is 4.90. The number of carbonyl (C=O) groups is 1. The quantitative estimate of drug-likeness (QED) is 0.627. The standard InChI is InChI=1S/C21H21N3O5/c1-13-8-9-18(23-22-13)28-15-6-4-10-24(12-15)20(25)16-11-14-5-3-7-17(27-2)19(14)29-21(16)26/h3,5,7-9,11,15H,4,6,10,12H2,1-2H3. The Hall–Kier alpha value is -3.42. The second kappa shape index (κ2) is 7.90. The number of methoxy groups -OCH3 is 1. The van der Waals surface area contributed by atoms with Gasteiger partial charge in [0, 0.05) is 18.0 Å². The fourth-order valence-corrected chi connectivity index (χ4v) is 3.44. The second-order valence-corrected chi connectivity index (χ2v) is 6.97. The number of fused-ring (bicyclic) bond motifs is 1. The number of nitrogens with zero attached hydrogens (tertiary/aromatic N) is 3. The highest BCUT2D eigenvalue weighted by molar-refractivity contribution is 5.97. The van der Waals surface area contributed by atoms with Crippen LogP contribution in [0.2, 0.25) is 0 Å². The number of aromatic nitrogens is 2. The maximum atomic E-state index is 13.0. The monoisotopic (exact) mass is 395 g/mol. The van der Waals surface area contributed by atoms with Crippen molar-refractivity contribution in [1.82, 2.24) is 15.1 Å². The van der Waals surface area contributed by atoms with E-state index in [4.69, 9.17) is 13.9 Å². The van der Waals surface area contributed by atoms with Gasteiger partial charge in [-0.3, -0.25) is 4.79 Å². The minimum atomic E-state index is -0.681. The number of aryl methyl sites for hydroxylation is 1. The second-order valence-electron chi connectivity index (χ2n) is 6.97. The summed E-state index contributed by atoms with van der Waals surface area (Å²) in [5, 5.41) is 8.63. The van der Waals surface area contributed by atoms with Crippen LogP contribution < -0.4 is 15.1 Å². The van der Waals surface area contributed by atoms with Gasteiger partial charge in [0.25, 0.3) is 5.91 Å². The lowest BCUT2D eigenvalue weighted by Gasteiger charge is -2.32. The molecule has 29 heavy (non-hydrogen) atoms. The third-order valence-electron chi connectivity index (χ3n) is 4.90.